The van der Waals surface area contributed by atoms with Gasteiger partial charge in [-0.1, -0.05) is 24.8 Å². The van der Waals surface area contributed by atoms with Crippen molar-refractivity contribution >= 4 is 11.8 Å². The Bertz CT molecular complexity index is 1050. The number of amides is 2. The third kappa shape index (κ3) is 2.86. The highest BCUT2D eigenvalue weighted by Gasteiger charge is 2.42. The molecular weight excluding hydrogens is 356 g/mol. The Balaban J connectivity index is 1.71. The van der Waals surface area contributed by atoms with Gasteiger partial charge in [0.15, 0.2) is 5.69 Å². The van der Waals surface area contributed by atoms with E-state index in [0.29, 0.717) is 24.2 Å². The number of likely N-dealkylation sites (tertiary alicyclic amines) is 1. The minimum absolute atomic E-state index is 0.244. The Kier molecular flexibility index (Phi) is 4.24. The van der Waals surface area contributed by atoms with Crippen molar-refractivity contribution in [1.82, 2.24) is 14.7 Å². The van der Waals surface area contributed by atoms with Crippen LogP contribution in [0.15, 0.2) is 24.3 Å². The summed E-state index contributed by atoms with van der Waals surface area (Å²) in [5, 5.41) is 14.9. The standard InChI is InChI=1S/C21H22N4O3/c1-13-6-7-16-17(13)18(19(22)26)23-25(16)15-5-3-4-14(12-15)8-9-21(28)10-11-24(2)20(21)27/h3-5,12-13,28H,6-7,10-11H2,1-2H3,(H2,22,26)/t13-,21+/m1/s1. The van der Waals surface area contributed by atoms with Gasteiger partial charge in [-0.2, -0.15) is 5.10 Å². The predicted octanol–water partition coefficient (Wildman–Crippen LogP) is 0.966. The molecule has 7 heteroatoms. The number of rotatable bonds is 2. The molecule has 3 N–H and O–H groups in total. The topological polar surface area (TPSA) is 101 Å². The number of likely N-dealkylation sites (N-methyl/N-ethyl adjacent to an activating group) is 1. The molecule has 0 bridgehead atoms. The van der Waals surface area contributed by atoms with Crippen molar-refractivity contribution in [3.8, 4) is 17.5 Å². The lowest BCUT2D eigenvalue weighted by Crippen LogP contribution is -2.37. The van der Waals surface area contributed by atoms with Crippen LogP contribution < -0.4 is 5.73 Å². The zero-order chi connectivity index (χ0) is 20.1. The van der Waals surface area contributed by atoms with E-state index in [-0.39, 0.29) is 11.8 Å². The zero-order valence-corrected chi connectivity index (χ0v) is 15.9. The van der Waals surface area contributed by atoms with E-state index in [4.69, 9.17) is 5.73 Å². The van der Waals surface area contributed by atoms with Crippen molar-refractivity contribution < 1.29 is 14.7 Å². The monoisotopic (exact) mass is 378 g/mol. The van der Waals surface area contributed by atoms with Gasteiger partial charge in [0.05, 0.1) is 5.69 Å². The molecule has 1 saturated heterocycles. The van der Waals surface area contributed by atoms with Crippen molar-refractivity contribution in [2.24, 2.45) is 5.73 Å². The molecule has 1 aliphatic carbocycles. The van der Waals surface area contributed by atoms with Crippen LogP contribution in [-0.2, 0) is 11.2 Å². The highest BCUT2D eigenvalue weighted by molar-refractivity contribution is 5.93. The van der Waals surface area contributed by atoms with Crippen LogP contribution >= 0.6 is 0 Å². The highest BCUT2D eigenvalue weighted by atomic mass is 16.3. The van der Waals surface area contributed by atoms with E-state index >= 15 is 0 Å². The SMILES string of the molecule is C[C@@H]1CCc2c1c(C(N)=O)nn2-c1cccc(C#C[C@]2(O)CCN(C)C2=O)c1. The maximum atomic E-state index is 12.1. The smallest absolute Gasteiger partial charge is 0.269 e. The minimum Gasteiger partial charge on any atom is -0.369 e. The van der Waals surface area contributed by atoms with Crippen LogP contribution in [0.2, 0.25) is 0 Å². The lowest BCUT2D eigenvalue weighted by molar-refractivity contribution is -0.137. The number of aromatic nitrogens is 2. The van der Waals surface area contributed by atoms with Gasteiger partial charge < -0.3 is 15.7 Å². The fraction of sp³-hybridized carbons (Fsp3) is 0.381. The molecular formula is C21H22N4O3. The Morgan fingerprint density at radius 1 is 1.43 bits per heavy atom. The molecule has 2 aromatic rings. The Labute approximate surface area is 163 Å². The second-order valence-corrected chi connectivity index (χ2v) is 7.56. The molecule has 1 fully saturated rings. The number of carbonyl (C=O) groups is 2. The number of hydrogen-bond acceptors (Lipinski definition) is 4. The quantitative estimate of drug-likeness (QED) is 0.760. The molecule has 1 aliphatic heterocycles. The Morgan fingerprint density at radius 2 is 2.21 bits per heavy atom. The molecule has 1 aromatic heterocycles. The van der Waals surface area contributed by atoms with Crippen molar-refractivity contribution in [3.63, 3.8) is 0 Å². The van der Waals surface area contributed by atoms with Crippen molar-refractivity contribution in [2.45, 2.75) is 37.7 Å². The molecule has 144 valence electrons. The average molecular weight is 378 g/mol. The van der Waals surface area contributed by atoms with E-state index in [0.717, 1.165) is 29.8 Å². The maximum Gasteiger partial charge on any atom is 0.269 e. The molecule has 2 amide bonds. The van der Waals surface area contributed by atoms with E-state index in [2.05, 4.69) is 23.9 Å². The van der Waals surface area contributed by atoms with E-state index in [1.165, 1.54) is 4.90 Å². The Morgan fingerprint density at radius 3 is 2.89 bits per heavy atom. The molecule has 28 heavy (non-hydrogen) atoms. The van der Waals surface area contributed by atoms with Crippen LogP contribution in [0.3, 0.4) is 0 Å². The van der Waals surface area contributed by atoms with Gasteiger partial charge in [-0.3, -0.25) is 9.59 Å². The van der Waals surface area contributed by atoms with Gasteiger partial charge in [-0.25, -0.2) is 4.68 Å². The average Bonchev–Trinajstić information content (AvgIpc) is 3.31. The molecule has 1 aromatic carbocycles. The third-order valence-corrected chi connectivity index (χ3v) is 5.58. The van der Waals surface area contributed by atoms with Crippen molar-refractivity contribution in [3.05, 3.63) is 46.8 Å². The van der Waals surface area contributed by atoms with Crippen molar-refractivity contribution in [1.29, 1.82) is 0 Å². The first-order valence-electron chi connectivity index (χ1n) is 9.33. The summed E-state index contributed by atoms with van der Waals surface area (Å²) in [5.41, 5.74) is 7.57. The van der Waals surface area contributed by atoms with E-state index in [1.54, 1.807) is 11.7 Å². The summed E-state index contributed by atoms with van der Waals surface area (Å²) in [6, 6.07) is 7.36. The van der Waals surface area contributed by atoms with Gasteiger partial charge in [0.1, 0.15) is 0 Å². The van der Waals surface area contributed by atoms with Crippen LogP contribution in [0.4, 0.5) is 0 Å². The summed E-state index contributed by atoms with van der Waals surface area (Å²) in [6.45, 7) is 2.56. The van der Waals surface area contributed by atoms with Gasteiger partial charge in [0, 0.05) is 36.8 Å². The summed E-state index contributed by atoms with van der Waals surface area (Å²) >= 11 is 0. The third-order valence-electron chi connectivity index (χ3n) is 5.58. The summed E-state index contributed by atoms with van der Waals surface area (Å²) in [5.74, 6) is 4.99. The summed E-state index contributed by atoms with van der Waals surface area (Å²) in [4.78, 5) is 25.4. The number of primary amides is 1. The first-order valence-corrected chi connectivity index (χ1v) is 9.33. The number of nitrogens with two attached hydrogens (primary N) is 1. The number of hydrogen-bond donors (Lipinski definition) is 2. The lowest BCUT2D eigenvalue weighted by atomic mass is 10.0. The van der Waals surface area contributed by atoms with E-state index < -0.39 is 11.5 Å². The second-order valence-electron chi connectivity index (χ2n) is 7.56. The van der Waals surface area contributed by atoms with Crippen LogP contribution in [-0.4, -0.2) is 50.8 Å². The van der Waals surface area contributed by atoms with Crippen LogP contribution in [0.25, 0.3) is 5.69 Å². The summed E-state index contributed by atoms with van der Waals surface area (Å²) in [7, 11) is 1.65. The molecule has 2 atom stereocenters. The number of nitrogens with zero attached hydrogens (tertiary/aromatic N) is 3. The van der Waals surface area contributed by atoms with Gasteiger partial charge in [-0.05, 0) is 37.0 Å². The molecule has 0 spiro atoms. The van der Waals surface area contributed by atoms with Crippen molar-refractivity contribution in [2.75, 3.05) is 13.6 Å². The number of fused-ring (bicyclic) bond motifs is 1. The van der Waals surface area contributed by atoms with E-state index in [9.17, 15) is 14.7 Å². The van der Waals surface area contributed by atoms with Gasteiger partial charge in [0.25, 0.3) is 11.8 Å². The maximum absolute atomic E-state index is 12.1. The summed E-state index contributed by atoms with van der Waals surface area (Å²) < 4.78 is 1.76. The van der Waals surface area contributed by atoms with Crippen LogP contribution in [0.5, 0.6) is 0 Å². The molecule has 4 rings (SSSR count). The predicted molar refractivity (Wildman–Crippen MR) is 103 cm³/mol. The fourth-order valence-electron chi connectivity index (χ4n) is 3.98. The molecule has 0 saturated carbocycles. The minimum atomic E-state index is -1.63. The van der Waals surface area contributed by atoms with Gasteiger partial charge in [0.2, 0.25) is 5.60 Å². The highest BCUT2D eigenvalue weighted by Crippen LogP contribution is 2.36. The molecule has 0 radical (unpaired) electrons. The molecule has 0 unspecified atom stereocenters. The number of carbonyl (C=O) groups excluding carboxylic acids is 2. The number of benzene rings is 1. The molecule has 2 aliphatic rings. The first kappa shape index (κ1) is 18.3. The lowest BCUT2D eigenvalue weighted by Gasteiger charge is -2.13. The molecule has 7 nitrogen and oxygen atoms in total. The van der Waals surface area contributed by atoms with Gasteiger partial charge >= 0.3 is 0 Å². The fourth-order valence-corrected chi connectivity index (χ4v) is 3.98. The first-order chi connectivity index (χ1) is 13.3. The van der Waals surface area contributed by atoms with Crippen LogP contribution in [0.1, 0.15) is 53.0 Å². The van der Waals surface area contributed by atoms with Crippen LogP contribution in [0, 0.1) is 11.8 Å². The largest absolute Gasteiger partial charge is 0.369 e. The summed E-state index contributed by atoms with van der Waals surface area (Å²) in [6.07, 6.45) is 2.07. The van der Waals surface area contributed by atoms with Gasteiger partial charge in [-0.15, -0.1) is 0 Å². The Hall–Kier alpha value is -3.11. The zero-order valence-electron chi connectivity index (χ0n) is 15.9. The van der Waals surface area contributed by atoms with E-state index in [1.807, 2.05) is 24.3 Å². The molecule has 2 heterocycles. The normalized spacial score (nSPS) is 23.5. The number of aliphatic hydroxyl groups is 1. The second kappa shape index (κ2) is 6.50.